The quantitative estimate of drug-likeness (QED) is 0.548. The molecule has 54 valence electrons. The average molecular weight is 141 g/mol. The van der Waals surface area contributed by atoms with E-state index >= 15 is 0 Å². The van der Waals surface area contributed by atoms with Crippen LogP contribution in [-0.2, 0) is 4.79 Å². The zero-order valence-corrected chi connectivity index (χ0v) is 5.70. The Hall–Kier alpha value is -1.46. The lowest BCUT2D eigenvalue weighted by atomic mass is 10.8. The standard InChI is InChI=1S/C4H7N5O/c1-3-5-8-9(6-3)7-4(2)10/h1-2H3,(H,7,10). The topological polar surface area (TPSA) is 72.7 Å². The van der Waals surface area contributed by atoms with Crippen LogP contribution in [0, 0.1) is 6.92 Å². The number of aryl methyl sites for hydroxylation is 1. The molecule has 1 aromatic rings. The molecule has 0 radical (unpaired) electrons. The predicted molar refractivity (Wildman–Crippen MR) is 32.6 cm³/mol. The van der Waals surface area contributed by atoms with Gasteiger partial charge in [0.2, 0.25) is 5.91 Å². The highest BCUT2D eigenvalue weighted by molar-refractivity contribution is 5.80. The summed E-state index contributed by atoms with van der Waals surface area (Å²) in [5.41, 5.74) is 2.32. The third-order valence-electron chi connectivity index (χ3n) is 0.771. The molecule has 6 heteroatoms. The number of hydrogen-bond donors (Lipinski definition) is 1. The molecule has 0 aliphatic heterocycles. The molecule has 1 rings (SSSR count). The molecule has 0 aromatic carbocycles. The van der Waals surface area contributed by atoms with Gasteiger partial charge in [-0.2, -0.15) is 0 Å². The number of tetrazole rings is 1. The van der Waals surface area contributed by atoms with Crippen molar-refractivity contribution < 1.29 is 4.79 Å². The molecular formula is C4H7N5O. The summed E-state index contributed by atoms with van der Waals surface area (Å²) in [5, 5.41) is 10.7. The predicted octanol–water partition coefficient (Wildman–Crippen LogP) is -0.928. The number of aromatic nitrogens is 4. The molecule has 0 saturated heterocycles. The number of hydrogen-bond acceptors (Lipinski definition) is 4. The SMILES string of the molecule is CC(=O)Nn1nnc(C)n1. The summed E-state index contributed by atoms with van der Waals surface area (Å²) in [4.78, 5) is 11.4. The summed E-state index contributed by atoms with van der Waals surface area (Å²) < 4.78 is 0. The van der Waals surface area contributed by atoms with Crippen molar-refractivity contribution in [2.75, 3.05) is 5.43 Å². The Morgan fingerprint density at radius 1 is 1.70 bits per heavy atom. The molecule has 0 unspecified atom stereocenters. The van der Waals surface area contributed by atoms with Gasteiger partial charge in [-0.15, -0.1) is 10.2 Å². The number of nitrogens with zero attached hydrogens (tertiary/aromatic N) is 4. The molecule has 1 N–H and O–H groups in total. The second-order valence-corrected chi connectivity index (χ2v) is 1.79. The molecule has 1 amide bonds. The van der Waals surface area contributed by atoms with Crippen LogP contribution in [0.25, 0.3) is 0 Å². The van der Waals surface area contributed by atoms with E-state index in [0.29, 0.717) is 5.82 Å². The van der Waals surface area contributed by atoms with Crippen LogP contribution in [0.4, 0.5) is 0 Å². The Kier molecular flexibility index (Phi) is 1.61. The van der Waals surface area contributed by atoms with Crippen molar-refractivity contribution in [2.45, 2.75) is 13.8 Å². The maximum Gasteiger partial charge on any atom is 0.238 e. The maximum absolute atomic E-state index is 10.4. The highest BCUT2D eigenvalue weighted by Crippen LogP contribution is 1.76. The number of carbonyl (C=O) groups excluding carboxylic acids is 1. The maximum atomic E-state index is 10.4. The average Bonchev–Trinajstić information content (AvgIpc) is 2.13. The fourth-order valence-corrected chi connectivity index (χ4v) is 0.472. The molecule has 0 bridgehead atoms. The first-order chi connectivity index (χ1) is 4.68. The van der Waals surface area contributed by atoms with E-state index in [-0.39, 0.29) is 5.91 Å². The lowest BCUT2D eigenvalue weighted by molar-refractivity contribution is -0.115. The molecule has 0 saturated carbocycles. The van der Waals surface area contributed by atoms with Gasteiger partial charge in [-0.05, 0) is 12.1 Å². The number of nitrogens with one attached hydrogen (secondary N) is 1. The first kappa shape index (κ1) is 6.66. The lowest BCUT2D eigenvalue weighted by Gasteiger charge is -1.93. The molecule has 0 aliphatic carbocycles. The summed E-state index contributed by atoms with van der Waals surface area (Å²) in [7, 11) is 0. The first-order valence-electron chi connectivity index (χ1n) is 2.72. The number of rotatable bonds is 1. The van der Waals surface area contributed by atoms with E-state index in [2.05, 4.69) is 20.8 Å². The monoisotopic (exact) mass is 141 g/mol. The Morgan fingerprint density at radius 3 is 2.80 bits per heavy atom. The van der Waals surface area contributed by atoms with E-state index in [1.807, 2.05) is 0 Å². The third kappa shape index (κ3) is 1.51. The van der Waals surface area contributed by atoms with Crippen molar-refractivity contribution >= 4 is 5.91 Å². The Bertz CT molecular complexity index is 242. The summed E-state index contributed by atoms with van der Waals surface area (Å²) in [5.74, 6) is 0.297. The zero-order chi connectivity index (χ0) is 7.56. The summed E-state index contributed by atoms with van der Waals surface area (Å²) in [6, 6.07) is 0. The zero-order valence-electron chi connectivity index (χ0n) is 5.70. The second-order valence-electron chi connectivity index (χ2n) is 1.79. The molecule has 6 nitrogen and oxygen atoms in total. The van der Waals surface area contributed by atoms with Gasteiger partial charge in [-0.1, -0.05) is 4.91 Å². The van der Waals surface area contributed by atoms with Crippen molar-refractivity contribution in [3.05, 3.63) is 5.82 Å². The van der Waals surface area contributed by atoms with Crippen LogP contribution < -0.4 is 5.43 Å². The van der Waals surface area contributed by atoms with Gasteiger partial charge in [0.05, 0.1) is 0 Å². The molecule has 10 heavy (non-hydrogen) atoms. The van der Waals surface area contributed by atoms with Crippen molar-refractivity contribution in [2.24, 2.45) is 0 Å². The molecule has 0 aliphatic rings. The van der Waals surface area contributed by atoms with Gasteiger partial charge >= 0.3 is 0 Å². The molecule has 1 heterocycles. The fourth-order valence-electron chi connectivity index (χ4n) is 0.472. The Labute approximate surface area is 57.2 Å². The molecule has 0 fully saturated rings. The first-order valence-corrected chi connectivity index (χ1v) is 2.72. The van der Waals surface area contributed by atoms with Crippen LogP contribution >= 0.6 is 0 Å². The largest absolute Gasteiger partial charge is 0.273 e. The van der Waals surface area contributed by atoms with Crippen LogP contribution in [0.3, 0.4) is 0 Å². The van der Waals surface area contributed by atoms with Crippen molar-refractivity contribution in [1.82, 2.24) is 20.3 Å². The Morgan fingerprint density at radius 2 is 2.40 bits per heavy atom. The summed E-state index contributed by atoms with van der Waals surface area (Å²) >= 11 is 0. The lowest BCUT2D eigenvalue weighted by Crippen LogP contribution is -2.22. The van der Waals surface area contributed by atoms with E-state index in [1.54, 1.807) is 6.92 Å². The van der Waals surface area contributed by atoms with Crippen molar-refractivity contribution in [3.63, 3.8) is 0 Å². The number of carbonyl (C=O) groups is 1. The highest BCUT2D eigenvalue weighted by atomic mass is 16.2. The molecular weight excluding hydrogens is 134 g/mol. The van der Waals surface area contributed by atoms with Crippen molar-refractivity contribution in [1.29, 1.82) is 0 Å². The van der Waals surface area contributed by atoms with Crippen LogP contribution in [0.15, 0.2) is 0 Å². The van der Waals surface area contributed by atoms with Crippen LogP contribution in [0.1, 0.15) is 12.7 Å². The normalized spacial score (nSPS) is 9.40. The number of amides is 1. The van der Waals surface area contributed by atoms with Crippen molar-refractivity contribution in [3.8, 4) is 0 Å². The van der Waals surface area contributed by atoms with E-state index in [9.17, 15) is 4.79 Å². The summed E-state index contributed by atoms with van der Waals surface area (Å²) in [6.45, 7) is 3.06. The minimum absolute atomic E-state index is 0.225. The van der Waals surface area contributed by atoms with Crippen LogP contribution in [0.2, 0.25) is 0 Å². The van der Waals surface area contributed by atoms with E-state index in [4.69, 9.17) is 0 Å². The van der Waals surface area contributed by atoms with Gasteiger partial charge in [-0.3, -0.25) is 4.79 Å². The van der Waals surface area contributed by atoms with Gasteiger partial charge < -0.3 is 0 Å². The van der Waals surface area contributed by atoms with E-state index in [1.165, 1.54) is 6.92 Å². The van der Waals surface area contributed by atoms with Crippen LogP contribution in [0.5, 0.6) is 0 Å². The van der Waals surface area contributed by atoms with Gasteiger partial charge in [0, 0.05) is 6.92 Å². The minimum atomic E-state index is -0.225. The minimum Gasteiger partial charge on any atom is -0.273 e. The second kappa shape index (κ2) is 2.42. The fraction of sp³-hybridized carbons (Fsp3) is 0.500. The van der Waals surface area contributed by atoms with Gasteiger partial charge in [0.1, 0.15) is 0 Å². The Balaban J connectivity index is 2.67. The summed E-state index contributed by atoms with van der Waals surface area (Å²) in [6.07, 6.45) is 0. The van der Waals surface area contributed by atoms with Gasteiger partial charge in [-0.25, -0.2) is 5.43 Å². The van der Waals surface area contributed by atoms with Gasteiger partial charge in [0.15, 0.2) is 5.82 Å². The van der Waals surface area contributed by atoms with Crippen LogP contribution in [-0.4, -0.2) is 26.2 Å². The van der Waals surface area contributed by atoms with Gasteiger partial charge in [0.25, 0.3) is 0 Å². The molecule has 0 atom stereocenters. The third-order valence-corrected chi connectivity index (χ3v) is 0.771. The molecule has 0 spiro atoms. The van der Waals surface area contributed by atoms with E-state index < -0.39 is 0 Å². The van der Waals surface area contributed by atoms with E-state index in [0.717, 1.165) is 4.91 Å². The highest BCUT2D eigenvalue weighted by Gasteiger charge is 1.96. The smallest absolute Gasteiger partial charge is 0.238 e. The molecule has 1 aromatic heterocycles.